The lowest BCUT2D eigenvalue weighted by atomic mass is 10.0. The second-order valence-electron chi connectivity index (χ2n) is 24.2. The Morgan fingerprint density at radius 2 is 0.649 bits per heavy atom. The number of ether oxygens (including phenoxy) is 1. The van der Waals surface area contributed by atoms with Crippen molar-refractivity contribution in [2.24, 2.45) is 0 Å². The van der Waals surface area contributed by atoms with Crippen molar-refractivity contribution in [1.82, 2.24) is 5.32 Å². The van der Waals surface area contributed by atoms with Crippen LogP contribution in [0.5, 0.6) is 0 Å². The van der Waals surface area contributed by atoms with Gasteiger partial charge in [0.15, 0.2) is 0 Å². The lowest BCUT2D eigenvalue weighted by Crippen LogP contribution is -2.45. The quantitative estimate of drug-likeness (QED) is 0.0320. The van der Waals surface area contributed by atoms with Gasteiger partial charge in [0.25, 0.3) is 0 Å². The van der Waals surface area contributed by atoms with E-state index in [1.165, 1.54) is 315 Å². The monoisotopic (exact) mass is 1080 g/mol. The van der Waals surface area contributed by atoms with Crippen LogP contribution in [-0.2, 0) is 14.3 Å². The Kier molecular flexibility index (Phi) is 65.4. The summed E-state index contributed by atoms with van der Waals surface area (Å²) in [5.74, 6) is -0.0218. The molecule has 0 saturated heterocycles. The predicted octanol–water partition coefficient (Wildman–Crippen LogP) is 22.5. The maximum atomic E-state index is 12.5. The normalized spacial score (nSPS) is 12.6. The molecular formula is C71H137NO5. The average Bonchev–Trinajstić information content (AvgIpc) is 3.43. The van der Waals surface area contributed by atoms with E-state index in [-0.39, 0.29) is 18.5 Å². The third kappa shape index (κ3) is 63.4. The highest BCUT2D eigenvalue weighted by Gasteiger charge is 2.20. The van der Waals surface area contributed by atoms with Crippen molar-refractivity contribution in [2.75, 3.05) is 13.2 Å². The Hall–Kier alpha value is -1.66. The fourth-order valence-corrected chi connectivity index (χ4v) is 11.1. The molecule has 0 aromatic carbocycles. The van der Waals surface area contributed by atoms with Crippen molar-refractivity contribution in [1.29, 1.82) is 0 Å². The van der Waals surface area contributed by atoms with Crippen LogP contribution in [0.2, 0.25) is 0 Å². The third-order valence-electron chi connectivity index (χ3n) is 16.5. The number of aliphatic hydroxyl groups excluding tert-OH is 2. The first-order valence-corrected chi connectivity index (χ1v) is 35.1. The molecule has 0 aliphatic heterocycles. The van der Waals surface area contributed by atoms with Gasteiger partial charge in [-0.1, -0.05) is 346 Å². The topological polar surface area (TPSA) is 95.9 Å². The van der Waals surface area contributed by atoms with Gasteiger partial charge in [0.1, 0.15) is 0 Å². The van der Waals surface area contributed by atoms with Crippen LogP contribution in [0.25, 0.3) is 0 Å². The van der Waals surface area contributed by atoms with Gasteiger partial charge in [-0.2, -0.15) is 0 Å². The number of nitrogens with one attached hydrogen (secondary N) is 1. The SMILES string of the molecule is CCCCCCCCCCCCCCCCCCCCCCCC(O)C(CO)NC(=O)CCCCCCCCCCCCC/C=C\C/C=C\CCCCCCCCCCCOC(=O)CCCCCCCCCCCCCC. The summed E-state index contributed by atoms with van der Waals surface area (Å²) < 4.78 is 5.48. The summed E-state index contributed by atoms with van der Waals surface area (Å²) in [6.45, 7) is 4.98. The van der Waals surface area contributed by atoms with E-state index in [1.807, 2.05) is 0 Å². The predicted molar refractivity (Wildman–Crippen MR) is 338 cm³/mol. The lowest BCUT2D eigenvalue weighted by molar-refractivity contribution is -0.143. The number of rotatable bonds is 66. The van der Waals surface area contributed by atoms with E-state index in [1.54, 1.807) is 0 Å². The summed E-state index contributed by atoms with van der Waals surface area (Å²) in [6.07, 6.45) is 83.6. The van der Waals surface area contributed by atoms with Crippen molar-refractivity contribution in [3.8, 4) is 0 Å². The van der Waals surface area contributed by atoms with E-state index in [9.17, 15) is 19.8 Å². The molecule has 0 aliphatic carbocycles. The second kappa shape index (κ2) is 66.8. The molecular weight excluding hydrogens is 947 g/mol. The van der Waals surface area contributed by atoms with Crippen molar-refractivity contribution >= 4 is 11.9 Å². The van der Waals surface area contributed by atoms with Crippen LogP contribution in [0.15, 0.2) is 24.3 Å². The number of unbranched alkanes of at least 4 members (excludes halogenated alkanes) is 51. The van der Waals surface area contributed by atoms with Crippen LogP contribution >= 0.6 is 0 Å². The Balaban J connectivity index is 3.42. The first-order chi connectivity index (χ1) is 38.0. The molecule has 0 saturated carbocycles. The third-order valence-corrected chi connectivity index (χ3v) is 16.5. The van der Waals surface area contributed by atoms with Gasteiger partial charge >= 0.3 is 5.97 Å². The van der Waals surface area contributed by atoms with Gasteiger partial charge in [-0.05, 0) is 57.8 Å². The number of carbonyl (C=O) groups is 2. The largest absolute Gasteiger partial charge is 0.466 e. The van der Waals surface area contributed by atoms with Crippen LogP contribution in [0.4, 0.5) is 0 Å². The minimum absolute atomic E-state index is 0.0120. The van der Waals surface area contributed by atoms with Crippen LogP contribution in [0.3, 0.4) is 0 Å². The standard InChI is InChI=1S/C71H137NO5/c1-3-5-7-9-11-13-15-17-18-19-20-28-31-34-37-40-43-47-51-55-59-63-69(74)68(67-73)72-70(75)64-60-56-52-48-44-41-38-35-32-29-26-24-22-21-23-25-27-30-33-36-39-42-46-50-54-58-62-66-77-71(76)65-61-57-53-49-45-16-14-12-10-8-6-4-2/h21-22,25,27,68-69,73-74H,3-20,23-24,26,28-67H2,1-2H3,(H,72,75)/b22-21-,27-25-. The number of carbonyl (C=O) groups excluding carboxylic acids is 2. The second-order valence-corrected chi connectivity index (χ2v) is 24.2. The summed E-state index contributed by atoms with van der Waals surface area (Å²) >= 11 is 0. The molecule has 0 fully saturated rings. The summed E-state index contributed by atoms with van der Waals surface area (Å²) in [7, 11) is 0. The molecule has 1 amide bonds. The summed E-state index contributed by atoms with van der Waals surface area (Å²) in [5.41, 5.74) is 0. The Morgan fingerprint density at radius 3 is 0.987 bits per heavy atom. The summed E-state index contributed by atoms with van der Waals surface area (Å²) in [6, 6.07) is -0.545. The molecule has 0 spiro atoms. The highest BCUT2D eigenvalue weighted by Crippen LogP contribution is 2.19. The summed E-state index contributed by atoms with van der Waals surface area (Å²) in [5, 5.41) is 23.4. The van der Waals surface area contributed by atoms with E-state index in [2.05, 4.69) is 43.5 Å². The highest BCUT2D eigenvalue weighted by molar-refractivity contribution is 5.76. The molecule has 0 aromatic heterocycles. The van der Waals surface area contributed by atoms with Crippen LogP contribution in [-0.4, -0.2) is 47.4 Å². The molecule has 456 valence electrons. The molecule has 3 N–H and O–H groups in total. The summed E-state index contributed by atoms with van der Waals surface area (Å²) in [4.78, 5) is 24.6. The number of allylic oxidation sites excluding steroid dienone is 4. The van der Waals surface area contributed by atoms with Crippen molar-refractivity contribution in [2.45, 2.75) is 405 Å². The van der Waals surface area contributed by atoms with E-state index >= 15 is 0 Å². The minimum atomic E-state index is -0.667. The van der Waals surface area contributed by atoms with E-state index in [0.29, 0.717) is 25.9 Å². The minimum Gasteiger partial charge on any atom is -0.466 e. The molecule has 2 atom stereocenters. The van der Waals surface area contributed by atoms with Gasteiger partial charge in [-0.25, -0.2) is 0 Å². The first kappa shape index (κ1) is 75.3. The highest BCUT2D eigenvalue weighted by atomic mass is 16.5. The zero-order chi connectivity index (χ0) is 55.7. The van der Waals surface area contributed by atoms with Crippen molar-refractivity contribution in [3.63, 3.8) is 0 Å². The maximum Gasteiger partial charge on any atom is 0.305 e. The molecule has 0 aliphatic rings. The van der Waals surface area contributed by atoms with Crippen LogP contribution in [0.1, 0.15) is 393 Å². The fourth-order valence-electron chi connectivity index (χ4n) is 11.1. The molecule has 0 heterocycles. The molecule has 6 nitrogen and oxygen atoms in total. The molecule has 0 aromatic rings. The molecule has 0 bridgehead atoms. The zero-order valence-electron chi connectivity index (χ0n) is 52.2. The number of aliphatic hydroxyl groups is 2. The fraction of sp³-hybridized carbons (Fsp3) is 0.915. The van der Waals surface area contributed by atoms with E-state index in [4.69, 9.17) is 4.74 Å². The van der Waals surface area contributed by atoms with Gasteiger partial charge in [0.2, 0.25) is 5.91 Å². The van der Waals surface area contributed by atoms with Gasteiger partial charge in [-0.3, -0.25) is 9.59 Å². The average molecular weight is 1080 g/mol. The van der Waals surface area contributed by atoms with Crippen molar-refractivity contribution in [3.05, 3.63) is 24.3 Å². The van der Waals surface area contributed by atoms with Gasteiger partial charge in [0.05, 0.1) is 25.4 Å². The molecule has 2 unspecified atom stereocenters. The molecule has 0 radical (unpaired) electrons. The Labute approximate surface area is 481 Å². The van der Waals surface area contributed by atoms with Gasteiger partial charge in [-0.15, -0.1) is 0 Å². The molecule has 77 heavy (non-hydrogen) atoms. The number of hydrogen-bond donors (Lipinski definition) is 3. The number of hydrogen-bond acceptors (Lipinski definition) is 5. The Bertz CT molecular complexity index is 1200. The number of esters is 1. The Morgan fingerprint density at radius 1 is 0.364 bits per heavy atom. The van der Waals surface area contributed by atoms with Crippen LogP contribution < -0.4 is 5.32 Å². The maximum absolute atomic E-state index is 12.5. The molecule has 6 heteroatoms. The zero-order valence-corrected chi connectivity index (χ0v) is 52.2. The smallest absolute Gasteiger partial charge is 0.305 e. The van der Waals surface area contributed by atoms with Gasteiger partial charge < -0.3 is 20.3 Å². The van der Waals surface area contributed by atoms with Gasteiger partial charge in [0, 0.05) is 12.8 Å². The van der Waals surface area contributed by atoms with Crippen LogP contribution in [0, 0.1) is 0 Å². The lowest BCUT2D eigenvalue weighted by Gasteiger charge is -2.22. The molecule has 0 rings (SSSR count). The first-order valence-electron chi connectivity index (χ1n) is 35.1. The van der Waals surface area contributed by atoms with E-state index < -0.39 is 12.1 Å². The van der Waals surface area contributed by atoms with Crippen molar-refractivity contribution < 1.29 is 24.5 Å². The number of amides is 1. The van der Waals surface area contributed by atoms with E-state index in [0.717, 1.165) is 44.9 Å².